The minimum Gasteiger partial charge on any atom is -0.504 e. The van der Waals surface area contributed by atoms with Crippen LogP contribution in [0.2, 0.25) is 0 Å². The Morgan fingerprint density at radius 2 is 2.14 bits per heavy atom. The van der Waals surface area contributed by atoms with Gasteiger partial charge < -0.3 is 10.1 Å². The molecule has 3 nitrogen and oxygen atoms in total. The third kappa shape index (κ3) is 6.12. The van der Waals surface area contributed by atoms with Crippen LogP contribution in [0, 0.1) is 0 Å². The van der Waals surface area contributed by atoms with E-state index < -0.39 is 11.7 Å². The lowest BCUT2D eigenvalue weighted by Gasteiger charge is -2.21. The van der Waals surface area contributed by atoms with Crippen molar-refractivity contribution in [2.24, 2.45) is 0 Å². The normalized spacial score (nSPS) is 21.3. The van der Waals surface area contributed by atoms with Crippen molar-refractivity contribution in [2.75, 3.05) is 7.11 Å². The molecule has 0 aromatic rings. The molecule has 0 saturated carbocycles. The summed E-state index contributed by atoms with van der Waals surface area (Å²) in [5, 5.41) is 2.80. The van der Waals surface area contributed by atoms with Gasteiger partial charge in [0.1, 0.15) is 0 Å². The number of rotatable bonds is 6. The van der Waals surface area contributed by atoms with Crippen LogP contribution in [0.1, 0.15) is 51.9 Å². The number of allylic oxidation sites excluding steroid dienone is 2. The molecule has 1 atom stereocenters. The average Bonchev–Trinajstić information content (AvgIpc) is 2.62. The third-order valence-corrected chi connectivity index (χ3v) is 3.59. The quantitative estimate of drug-likeness (QED) is 0.587. The summed E-state index contributed by atoms with van der Waals surface area (Å²) in [5.74, 6) is -0.0923. The molecule has 0 aromatic carbocycles. The van der Waals surface area contributed by atoms with Crippen LogP contribution in [0.4, 0.5) is 13.2 Å². The molecule has 6 heteroatoms. The molecule has 1 unspecified atom stereocenters. The highest BCUT2D eigenvalue weighted by molar-refractivity contribution is 5.76. The fourth-order valence-electron chi connectivity index (χ4n) is 2.55. The highest BCUT2D eigenvalue weighted by atomic mass is 19.4. The zero-order valence-corrected chi connectivity index (χ0v) is 13.1. The van der Waals surface area contributed by atoms with Gasteiger partial charge >= 0.3 is 6.18 Å². The maximum absolute atomic E-state index is 13.3. The molecular formula is C16H24F3NO2. The van der Waals surface area contributed by atoms with Gasteiger partial charge in [-0.05, 0) is 25.7 Å². The second-order valence-electron chi connectivity index (χ2n) is 5.50. The molecule has 1 rings (SSSR count). The number of halogens is 3. The molecule has 1 saturated heterocycles. The second-order valence-corrected chi connectivity index (χ2v) is 5.50. The number of methoxy groups -OCH3 is 1. The molecule has 1 heterocycles. The highest BCUT2D eigenvalue weighted by Gasteiger charge is 2.36. The van der Waals surface area contributed by atoms with Crippen molar-refractivity contribution < 1.29 is 22.7 Å². The smallest absolute Gasteiger partial charge is 0.416 e. The van der Waals surface area contributed by atoms with Crippen LogP contribution in [0.15, 0.2) is 23.5 Å². The molecule has 1 N–H and O–H groups in total. The third-order valence-electron chi connectivity index (χ3n) is 3.59. The van der Waals surface area contributed by atoms with Gasteiger partial charge in [0, 0.05) is 18.0 Å². The van der Waals surface area contributed by atoms with E-state index in [4.69, 9.17) is 4.74 Å². The SMILES string of the molecule is CCC/C=C(/C(=C\OC)CC1CCCCC(=O)N1)C(F)(F)F. The van der Waals surface area contributed by atoms with Crippen molar-refractivity contribution in [3.8, 4) is 0 Å². The van der Waals surface area contributed by atoms with Gasteiger partial charge in [-0.25, -0.2) is 0 Å². The van der Waals surface area contributed by atoms with Crippen LogP contribution < -0.4 is 5.32 Å². The summed E-state index contributed by atoms with van der Waals surface area (Å²) in [5.41, 5.74) is -0.564. The maximum atomic E-state index is 13.3. The van der Waals surface area contributed by atoms with E-state index in [9.17, 15) is 18.0 Å². The Balaban J connectivity index is 2.95. The average molecular weight is 319 g/mol. The lowest BCUT2D eigenvalue weighted by atomic mass is 9.95. The van der Waals surface area contributed by atoms with Gasteiger partial charge in [-0.15, -0.1) is 0 Å². The van der Waals surface area contributed by atoms with Gasteiger partial charge in [-0.3, -0.25) is 4.79 Å². The highest BCUT2D eigenvalue weighted by Crippen LogP contribution is 2.34. The largest absolute Gasteiger partial charge is 0.504 e. The van der Waals surface area contributed by atoms with Crippen LogP contribution in [-0.4, -0.2) is 25.2 Å². The molecule has 0 radical (unpaired) electrons. The zero-order valence-electron chi connectivity index (χ0n) is 13.1. The maximum Gasteiger partial charge on any atom is 0.416 e. The molecule has 0 spiro atoms. The van der Waals surface area contributed by atoms with Crippen molar-refractivity contribution in [2.45, 2.75) is 64.1 Å². The molecule has 1 amide bonds. The summed E-state index contributed by atoms with van der Waals surface area (Å²) in [6.45, 7) is 1.83. The molecule has 1 aliphatic heterocycles. The molecule has 0 aliphatic carbocycles. The first-order chi connectivity index (χ1) is 10.4. The fraction of sp³-hybridized carbons (Fsp3) is 0.688. The van der Waals surface area contributed by atoms with Crippen LogP contribution in [0.25, 0.3) is 0 Å². The van der Waals surface area contributed by atoms with Crippen molar-refractivity contribution in [3.63, 3.8) is 0 Å². The van der Waals surface area contributed by atoms with Crippen molar-refractivity contribution in [1.29, 1.82) is 0 Å². The second kappa shape index (κ2) is 8.86. The molecule has 22 heavy (non-hydrogen) atoms. The van der Waals surface area contributed by atoms with E-state index in [0.29, 0.717) is 25.7 Å². The number of carbonyl (C=O) groups excluding carboxylic acids is 1. The summed E-state index contributed by atoms with van der Waals surface area (Å²) < 4.78 is 44.7. The topological polar surface area (TPSA) is 38.3 Å². The predicted molar refractivity (Wildman–Crippen MR) is 79.2 cm³/mol. The Kier molecular flexibility index (Phi) is 7.48. The molecule has 1 fully saturated rings. The van der Waals surface area contributed by atoms with Gasteiger partial charge in [0.05, 0.1) is 18.9 Å². The summed E-state index contributed by atoms with van der Waals surface area (Å²) in [6, 6.07) is -0.274. The fourth-order valence-corrected chi connectivity index (χ4v) is 2.55. The van der Waals surface area contributed by atoms with Crippen LogP contribution in [0.3, 0.4) is 0 Å². The standard InChI is InChI=1S/C16H24F3NO2/c1-3-4-8-14(16(17,18)19)12(11-22-2)10-13-7-5-6-9-15(21)20-13/h8,11,13H,3-7,9-10H2,1-2H3,(H,20,21)/b12-11-,14-8-. The number of carbonyl (C=O) groups is 1. The summed E-state index contributed by atoms with van der Waals surface area (Å²) in [4.78, 5) is 11.6. The van der Waals surface area contributed by atoms with Gasteiger partial charge in [-0.2, -0.15) is 13.2 Å². The first-order valence-electron chi connectivity index (χ1n) is 7.67. The Bertz CT molecular complexity index is 428. The lowest BCUT2D eigenvalue weighted by Crippen LogP contribution is -2.33. The number of amides is 1. The van der Waals surface area contributed by atoms with E-state index in [-0.39, 0.29) is 23.9 Å². The summed E-state index contributed by atoms with van der Waals surface area (Å²) in [7, 11) is 1.33. The molecule has 126 valence electrons. The number of hydrogen-bond acceptors (Lipinski definition) is 2. The number of alkyl halides is 3. The molecule has 0 bridgehead atoms. The van der Waals surface area contributed by atoms with Gasteiger partial charge in [0.15, 0.2) is 0 Å². The minimum atomic E-state index is -4.42. The number of unbranched alkanes of at least 4 members (excludes halogenated alkanes) is 1. The Morgan fingerprint density at radius 1 is 1.41 bits per heavy atom. The first-order valence-corrected chi connectivity index (χ1v) is 7.67. The van der Waals surface area contributed by atoms with Crippen LogP contribution in [0.5, 0.6) is 0 Å². The predicted octanol–water partition coefficient (Wildman–Crippen LogP) is 4.25. The van der Waals surface area contributed by atoms with E-state index in [0.717, 1.165) is 19.1 Å². The Morgan fingerprint density at radius 3 is 2.73 bits per heavy atom. The first kappa shape index (κ1) is 18.6. The van der Waals surface area contributed by atoms with Crippen molar-refractivity contribution in [3.05, 3.63) is 23.5 Å². The van der Waals surface area contributed by atoms with Gasteiger partial charge in [0.2, 0.25) is 5.91 Å². The minimum absolute atomic E-state index is 0.0923. The Hall–Kier alpha value is -1.46. The number of ether oxygens (including phenoxy) is 1. The van der Waals surface area contributed by atoms with Crippen molar-refractivity contribution in [1.82, 2.24) is 5.32 Å². The Labute approximate surface area is 129 Å². The van der Waals surface area contributed by atoms with E-state index in [1.807, 2.05) is 6.92 Å². The van der Waals surface area contributed by atoms with E-state index in [1.54, 1.807) is 0 Å². The van der Waals surface area contributed by atoms with E-state index in [2.05, 4.69) is 5.32 Å². The lowest BCUT2D eigenvalue weighted by molar-refractivity contribution is -0.121. The van der Waals surface area contributed by atoms with Crippen LogP contribution in [-0.2, 0) is 9.53 Å². The molecule has 1 aliphatic rings. The summed E-state index contributed by atoms with van der Waals surface area (Å²) >= 11 is 0. The van der Waals surface area contributed by atoms with Crippen molar-refractivity contribution >= 4 is 5.91 Å². The number of nitrogens with one attached hydrogen (secondary N) is 1. The molecule has 0 aromatic heterocycles. The van der Waals surface area contributed by atoms with Gasteiger partial charge in [0.25, 0.3) is 0 Å². The monoisotopic (exact) mass is 319 g/mol. The number of hydrogen-bond donors (Lipinski definition) is 1. The van der Waals surface area contributed by atoms with Crippen LogP contribution >= 0.6 is 0 Å². The molecular weight excluding hydrogens is 295 g/mol. The zero-order chi connectivity index (χ0) is 16.6. The van der Waals surface area contributed by atoms with E-state index in [1.165, 1.54) is 13.2 Å². The van der Waals surface area contributed by atoms with E-state index >= 15 is 0 Å². The van der Waals surface area contributed by atoms with Gasteiger partial charge in [-0.1, -0.05) is 25.8 Å². The summed E-state index contributed by atoms with van der Waals surface area (Å²) in [6.07, 6.45) is 1.81.